The Hall–Kier alpha value is -4.59. The average molecular weight is 452 g/mol. The summed E-state index contributed by atoms with van der Waals surface area (Å²) in [6, 6.07) is 18.9. The van der Waals surface area contributed by atoms with E-state index in [1.54, 1.807) is 12.1 Å². The number of nitrogens with zero attached hydrogens (tertiary/aromatic N) is 4. The molecule has 0 radical (unpaired) electrons. The van der Waals surface area contributed by atoms with Crippen LogP contribution >= 0.6 is 0 Å². The highest BCUT2D eigenvalue weighted by Crippen LogP contribution is 2.29. The first-order valence-electron chi connectivity index (χ1n) is 10.7. The molecule has 1 amide bonds. The summed E-state index contributed by atoms with van der Waals surface area (Å²) in [5.41, 5.74) is 12.1. The molecule has 8 heteroatoms. The molecule has 0 fully saturated rings. The van der Waals surface area contributed by atoms with Gasteiger partial charge in [0.05, 0.1) is 17.2 Å². The molecule has 0 aliphatic carbocycles. The van der Waals surface area contributed by atoms with Crippen LogP contribution in [0.5, 0.6) is 0 Å². The second kappa shape index (κ2) is 8.40. The number of hydrogen-bond acceptors (Lipinski definition) is 5. The van der Waals surface area contributed by atoms with E-state index in [0.717, 1.165) is 11.1 Å². The average Bonchev–Trinajstić information content (AvgIpc) is 3.09. The lowest BCUT2D eigenvalue weighted by Gasteiger charge is -2.08. The van der Waals surface area contributed by atoms with Crippen LogP contribution < -0.4 is 11.1 Å². The van der Waals surface area contributed by atoms with Gasteiger partial charge in [0.25, 0.3) is 5.91 Å². The predicted molar refractivity (Wildman–Crippen MR) is 133 cm³/mol. The summed E-state index contributed by atoms with van der Waals surface area (Å²) < 4.78 is 14.6. The molecule has 0 saturated heterocycles. The topological polar surface area (TPSA) is 98.2 Å². The van der Waals surface area contributed by atoms with E-state index in [-0.39, 0.29) is 17.2 Å². The van der Waals surface area contributed by atoms with Crippen LogP contribution in [0.3, 0.4) is 0 Å². The molecule has 2 aromatic heterocycles. The molecule has 34 heavy (non-hydrogen) atoms. The molecule has 5 rings (SSSR count). The zero-order chi connectivity index (χ0) is 23.8. The number of para-hydroxylation sites is 2. The summed E-state index contributed by atoms with van der Waals surface area (Å²) in [5, 5.41) is 7.35. The molecule has 5 aromatic rings. The number of carbonyl (C=O) groups excluding carboxylic acids is 1. The Kier molecular flexibility index (Phi) is 5.25. The third kappa shape index (κ3) is 3.86. The van der Waals surface area contributed by atoms with Crippen molar-refractivity contribution < 1.29 is 9.18 Å². The molecule has 7 nitrogen and oxygen atoms in total. The number of aromatic nitrogens is 3. The Morgan fingerprint density at radius 1 is 1.00 bits per heavy atom. The third-order valence-corrected chi connectivity index (χ3v) is 5.66. The summed E-state index contributed by atoms with van der Waals surface area (Å²) in [4.78, 5) is 22.7. The van der Waals surface area contributed by atoms with Gasteiger partial charge in [-0.25, -0.2) is 14.4 Å². The van der Waals surface area contributed by atoms with Crippen molar-refractivity contribution >= 4 is 45.8 Å². The van der Waals surface area contributed by atoms with Crippen LogP contribution in [0.1, 0.15) is 27.0 Å². The number of hydrogen-bond donors (Lipinski definition) is 2. The molecule has 0 bridgehead atoms. The van der Waals surface area contributed by atoms with E-state index in [9.17, 15) is 9.18 Å². The fourth-order valence-electron chi connectivity index (χ4n) is 3.67. The molecule has 0 aliphatic rings. The second-order valence-electron chi connectivity index (χ2n) is 8.01. The van der Waals surface area contributed by atoms with Crippen molar-refractivity contribution in [3.8, 4) is 0 Å². The monoisotopic (exact) mass is 452 g/mol. The van der Waals surface area contributed by atoms with Crippen LogP contribution in [0.15, 0.2) is 71.8 Å². The number of rotatable bonds is 4. The SMILES string of the molecule is Cc1ccc(NC(=O)c2c(N)n(/N=C/c3ccc(F)cc3)c3nc4ccccc4nc23)cc1C. The van der Waals surface area contributed by atoms with Crippen LogP contribution in [0.2, 0.25) is 0 Å². The van der Waals surface area contributed by atoms with Crippen molar-refractivity contribution in [3.63, 3.8) is 0 Å². The van der Waals surface area contributed by atoms with Crippen molar-refractivity contribution in [1.29, 1.82) is 0 Å². The van der Waals surface area contributed by atoms with Gasteiger partial charge in [-0.1, -0.05) is 30.3 Å². The van der Waals surface area contributed by atoms with Gasteiger partial charge in [0, 0.05) is 5.69 Å². The van der Waals surface area contributed by atoms with Crippen LogP contribution in [0.4, 0.5) is 15.9 Å². The van der Waals surface area contributed by atoms with Gasteiger partial charge in [-0.15, -0.1) is 0 Å². The van der Waals surface area contributed by atoms with Crippen LogP contribution in [-0.4, -0.2) is 26.8 Å². The highest BCUT2D eigenvalue weighted by Gasteiger charge is 2.24. The minimum Gasteiger partial charge on any atom is -0.383 e. The van der Waals surface area contributed by atoms with Gasteiger partial charge in [0.1, 0.15) is 22.7 Å². The minimum atomic E-state index is -0.411. The molecule has 0 spiro atoms. The zero-order valence-corrected chi connectivity index (χ0v) is 18.6. The van der Waals surface area contributed by atoms with E-state index >= 15 is 0 Å². The van der Waals surface area contributed by atoms with Crippen LogP contribution in [-0.2, 0) is 0 Å². The van der Waals surface area contributed by atoms with Crippen molar-refractivity contribution in [2.45, 2.75) is 13.8 Å². The lowest BCUT2D eigenvalue weighted by atomic mass is 10.1. The molecule has 0 aliphatic heterocycles. The summed E-state index contributed by atoms with van der Waals surface area (Å²) in [6.45, 7) is 3.99. The third-order valence-electron chi connectivity index (χ3n) is 5.66. The minimum absolute atomic E-state index is 0.102. The standard InChI is InChI=1S/C26H21FN6O/c1-15-7-12-19(13-16(15)2)30-26(34)22-23-25(32-21-6-4-3-5-20(21)31-23)33(24(22)28)29-14-17-8-10-18(27)11-9-17/h3-14H,28H2,1-2H3,(H,30,34)/b29-14+. The van der Waals surface area contributed by atoms with Crippen molar-refractivity contribution in [1.82, 2.24) is 14.6 Å². The Labute approximate surface area is 194 Å². The van der Waals surface area contributed by atoms with E-state index in [2.05, 4.69) is 20.4 Å². The zero-order valence-electron chi connectivity index (χ0n) is 18.6. The van der Waals surface area contributed by atoms with Gasteiger partial charge in [-0.05, 0) is 66.9 Å². The molecule has 3 aromatic carbocycles. The number of anilines is 2. The normalized spacial score (nSPS) is 11.5. The van der Waals surface area contributed by atoms with E-state index in [0.29, 0.717) is 33.4 Å². The molecule has 0 unspecified atom stereocenters. The van der Waals surface area contributed by atoms with Gasteiger partial charge in [-0.3, -0.25) is 4.79 Å². The molecule has 3 N–H and O–H groups in total. The first kappa shape index (κ1) is 21.3. The Balaban J connectivity index is 1.64. The van der Waals surface area contributed by atoms with Gasteiger partial charge < -0.3 is 11.1 Å². The summed E-state index contributed by atoms with van der Waals surface area (Å²) in [7, 11) is 0. The van der Waals surface area contributed by atoms with E-state index in [1.807, 2.05) is 56.3 Å². The summed E-state index contributed by atoms with van der Waals surface area (Å²) >= 11 is 0. The van der Waals surface area contributed by atoms with Crippen LogP contribution in [0.25, 0.3) is 22.2 Å². The smallest absolute Gasteiger partial charge is 0.261 e. The molecule has 0 saturated carbocycles. The number of fused-ring (bicyclic) bond motifs is 2. The number of carbonyl (C=O) groups is 1. The van der Waals surface area contributed by atoms with Crippen molar-refractivity contribution in [3.05, 3.63) is 94.8 Å². The first-order chi connectivity index (χ1) is 16.4. The predicted octanol–water partition coefficient (Wildman–Crippen LogP) is 5.06. The van der Waals surface area contributed by atoms with Crippen LogP contribution in [0, 0.1) is 19.7 Å². The number of aryl methyl sites for hydroxylation is 2. The van der Waals surface area contributed by atoms with Crippen molar-refractivity contribution in [2.24, 2.45) is 5.10 Å². The lowest BCUT2D eigenvalue weighted by molar-refractivity contribution is 0.102. The maximum Gasteiger partial charge on any atom is 0.261 e. The first-order valence-corrected chi connectivity index (χ1v) is 10.7. The van der Waals surface area contributed by atoms with Gasteiger partial charge in [0.15, 0.2) is 5.65 Å². The Morgan fingerprint density at radius 2 is 1.71 bits per heavy atom. The van der Waals surface area contributed by atoms with E-state index in [4.69, 9.17) is 5.73 Å². The summed E-state index contributed by atoms with van der Waals surface area (Å²) in [6.07, 6.45) is 1.52. The largest absolute Gasteiger partial charge is 0.383 e. The molecular weight excluding hydrogens is 431 g/mol. The van der Waals surface area contributed by atoms with E-state index < -0.39 is 5.91 Å². The number of nitrogens with one attached hydrogen (secondary N) is 1. The fraction of sp³-hybridized carbons (Fsp3) is 0.0769. The molecule has 0 atom stereocenters. The number of benzene rings is 3. The van der Waals surface area contributed by atoms with Gasteiger partial charge in [0.2, 0.25) is 0 Å². The highest BCUT2D eigenvalue weighted by atomic mass is 19.1. The molecular formula is C26H21FN6O. The van der Waals surface area contributed by atoms with Crippen molar-refractivity contribution in [2.75, 3.05) is 11.1 Å². The highest BCUT2D eigenvalue weighted by molar-refractivity contribution is 6.16. The number of halogens is 1. The molecule has 2 heterocycles. The quantitative estimate of drug-likeness (QED) is 0.373. The van der Waals surface area contributed by atoms with Gasteiger partial charge >= 0.3 is 0 Å². The number of nitrogens with two attached hydrogens (primary N) is 1. The van der Waals surface area contributed by atoms with Gasteiger partial charge in [-0.2, -0.15) is 9.78 Å². The Morgan fingerprint density at radius 3 is 2.41 bits per heavy atom. The molecule has 168 valence electrons. The number of amides is 1. The second-order valence-corrected chi connectivity index (χ2v) is 8.01. The Bertz CT molecular complexity index is 1590. The van der Waals surface area contributed by atoms with E-state index in [1.165, 1.54) is 23.0 Å². The maximum absolute atomic E-state index is 13.3. The fourth-order valence-corrected chi connectivity index (χ4v) is 3.67. The number of nitrogen functional groups attached to an aromatic ring is 1. The maximum atomic E-state index is 13.3. The summed E-state index contributed by atoms with van der Waals surface area (Å²) in [5.74, 6) is -0.651. The lowest BCUT2D eigenvalue weighted by Crippen LogP contribution is -2.14.